The Hall–Kier alpha value is -3.12. The molecule has 0 aliphatic carbocycles. The van der Waals surface area contributed by atoms with Crippen LogP contribution >= 0.6 is 0 Å². The van der Waals surface area contributed by atoms with E-state index < -0.39 is 0 Å². The highest BCUT2D eigenvalue weighted by atomic mass is 16.5. The van der Waals surface area contributed by atoms with E-state index in [1.165, 1.54) is 0 Å². The van der Waals surface area contributed by atoms with Crippen molar-refractivity contribution in [2.24, 2.45) is 5.84 Å². The van der Waals surface area contributed by atoms with Crippen LogP contribution in [0.1, 0.15) is 18.5 Å². The first-order chi connectivity index (χ1) is 12.2. The number of nitrogens with two attached hydrogens (primary N) is 1. The summed E-state index contributed by atoms with van der Waals surface area (Å²) in [6, 6.07) is 18.9. The van der Waals surface area contributed by atoms with Gasteiger partial charge in [-0.25, -0.2) is 10.8 Å². The molecule has 0 radical (unpaired) electrons. The van der Waals surface area contributed by atoms with Gasteiger partial charge in [0.15, 0.2) is 6.61 Å². The third kappa shape index (κ3) is 4.05. The highest BCUT2D eigenvalue weighted by Gasteiger charge is 2.11. The molecule has 3 aromatic rings. The number of para-hydroxylation sites is 1. The zero-order valence-electron chi connectivity index (χ0n) is 13.9. The van der Waals surface area contributed by atoms with Gasteiger partial charge in [-0.3, -0.25) is 4.79 Å². The first-order valence-corrected chi connectivity index (χ1v) is 8.01. The summed E-state index contributed by atoms with van der Waals surface area (Å²) in [6.07, 6.45) is 0. The molecule has 1 heterocycles. The van der Waals surface area contributed by atoms with Crippen molar-refractivity contribution in [3.63, 3.8) is 0 Å². The molecule has 1 atom stereocenters. The summed E-state index contributed by atoms with van der Waals surface area (Å²) in [6.45, 7) is 1.85. The van der Waals surface area contributed by atoms with Crippen molar-refractivity contribution in [2.45, 2.75) is 13.0 Å². The fraction of sp³-hybridized carbons (Fsp3) is 0.158. The van der Waals surface area contributed by atoms with Crippen molar-refractivity contribution >= 4 is 22.6 Å². The van der Waals surface area contributed by atoms with Crippen LogP contribution in [0.3, 0.4) is 0 Å². The van der Waals surface area contributed by atoms with E-state index >= 15 is 0 Å². The number of nitrogen functional groups attached to an aromatic ring is 1. The fourth-order valence-corrected chi connectivity index (χ4v) is 2.57. The zero-order valence-corrected chi connectivity index (χ0v) is 13.9. The number of nitrogens with zero attached hydrogens (tertiary/aromatic N) is 1. The highest BCUT2D eigenvalue weighted by Crippen LogP contribution is 2.25. The van der Waals surface area contributed by atoms with Crippen molar-refractivity contribution in [2.75, 3.05) is 12.0 Å². The van der Waals surface area contributed by atoms with Gasteiger partial charge in [0.1, 0.15) is 17.1 Å². The van der Waals surface area contributed by atoms with Crippen molar-refractivity contribution < 1.29 is 9.53 Å². The number of hydrogen-bond donors (Lipinski definition) is 3. The Balaban J connectivity index is 1.67. The number of carbonyl (C=O) groups is 1. The van der Waals surface area contributed by atoms with E-state index in [1.54, 1.807) is 12.1 Å². The Morgan fingerprint density at radius 2 is 1.92 bits per heavy atom. The second-order valence-electron chi connectivity index (χ2n) is 5.66. The van der Waals surface area contributed by atoms with Gasteiger partial charge in [0.25, 0.3) is 5.91 Å². The lowest BCUT2D eigenvalue weighted by Crippen LogP contribution is -2.31. The van der Waals surface area contributed by atoms with Crippen LogP contribution in [0.4, 0.5) is 5.82 Å². The molecule has 0 saturated carbocycles. The molecule has 1 aromatic heterocycles. The third-order valence-corrected chi connectivity index (χ3v) is 3.87. The molecule has 6 heteroatoms. The largest absolute Gasteiger partial charge is 0.481 e. The number of pyridine rings is 1. The number of rotatable bonds is 6. The molecule has 0 aliphatic rings. The fourth-order valence-electron chi connectivity index (χ4n) is 2.57. The van der Waals surface area contributed by atoms with Gasteiger partial charge in [0.2, 0.25) is 0 Å². The van der Waals surface area contributed by atoms with E-state index in [-0.39, 0.29) is 18.6 Å². The minimum Gasteiger partial charge on any atom is -0.481 e. The Morgan fingerprint density at radius 1 is 1.12 bits per heavy atom. The molecule has 0 fully saturated rings. The Morgan fingerprint density at radius 3 is 2.68 bits per heavy atom. The molecular formula is C19H20N4O2. The van der Waals surface area contributed by atoms with E-state index in [4.69, 9.17) is 10.6 Å². The highest BCUT2D eigenvalue weighted by molar-refractivity contribution is 5.86. The van der Waals surface area contributed by atoms with Crippen LogP contribution in [0.25, 0.3) is 10.9 Å². The van der Waals surface area contributed by atoms with Gasteiger partial charge in [-0.05, 0) is 30.7 Å². The average molecular weight is 336 g/mol. The minimum atomic E-state index is -0.193. The molecule has 0 spiro atoms. The van der Waals surface area contributed by atoms with Crippen LogP contribution in [-0.4, -0.2) is 17.5 Å². The van der Waals surface area contributed by atoms with E-state index in [2.05, 4.69) is 15.7 Å². The molecule has 3 rings (SSSR count). The monoisotopic (exact) mass is 336 g/mol. The Labute approximate surface area is 146 Å². The predicted molar refractivity (Wildman–Crippen MR) is 98.0 cm³/mol. The average Bonchev–Trinajstić information content (AvgIpc) is 2.66. The summed E-state index contributed by atoms with van der Waals surface area (Å²) in [7, 11) is 0. The summed E-state index contributed by atoms with van der Waals surface area (Å²) in [5.41, 5.74) is 4.21. The summed E-state index contributed by atoms with van der Waals surface area (Å²) in [5, 5.41) is 3.83. The number of carbonyl (C=O) groups excluding carboxylic acids is 1. The molecule has 128 valence electrons. The molecule has 6 nitrogen and oxygen atoms in total. The minimum absolute atomic E-state index is 0.0851. The van der Waals surface area contributed by atoms with Gasteiger partial charge < -0.3 is 15.5 Å². The number of hydrogen-bond acceptors (Lipinski definition) is 5. The lowest BCUT2D eigenvalue weighted by molar-refractivity contribution is -0.123. The number of ether oxygens (including phenoxy) is 1. The first-order valence-electron chi connectivity index (χ1n) is 8.01. The van der Waals surface area contributed by atoms with E-state index in [1.807, 2.05) is 55.5 Å². The molecule has 0 saturated heterocycles. The van der Waals surface area contributed by atoms with Crippen molar-refractivity contribution in [3.05, 3.63) is 66.2 Å². The Kier molecular flexibility index (Phi) is 5.11. The second-order valence-corrected chi connectivity index (χ2v) is 5.66. The van der Waals surface area contributed by atoms with Gasteiger partial charge in [0, 0.05) is 5.39 Å². The van der Waals surface area contributed by atoms with Crippen LogP contribution < -0.4 is 21.3 Å². The second kappa shape index (κ2) is 7.63. The quantitative estimate of drug-likeness (QED) is 0.476. The van der Waals surface area contributed by atoms with Crippen molar-refractivity contribution in [3.8, 4) is 5.75 Å². The van der Waals surface area contributed by atoms with Gasteiger partial charge in [-0.15, -0.1) is 0 Å². The van der Waals surface area contributed by atoms with Gasteiger partial charge >= 0.3 is 0 Å². The third-order valence-electron chi connectivity index (χ3n) is 3.87. The van der Waals surface area contributed by atoms with Crippen molar-refractivity contribution in [1.82, 2.24) is 10.3 Å². The summed E-state index contributed by atoms with van der Waals surface area (Å²) in [4.78, 5) is 16.6. The van der Waals surface area contributed by atoms with E-state index in [0.717, 1.165) is 10.9 Å². The SMILES string of the molecule is CC(NC(=O)COc1cccc2ccc(NN)nc12)c1ccccc1. The number of amides is 1. The predicted octanol–water partition coefficient (Wildman–Crippen LogP) is 2.78. The molecular weight excluding hydrogens is 316 g/mol. The zero-order chi connectivity index (χ0) is 17.6. The molecule has 1 unspecified atom stereocenters. The molecule has 2 aromatic carbocycles. The molecule has 1 amide bonds. The molecule has 25 heavy (non-hydrogen) atoms. The maximum atomic E-state index is 12.2. The van der Waals surface area contributed by atoms with Gasteiger partial charge in [0.05, 0.1) is 6.04 Å². The van der Waals surface area contributed by atoms with E-state index in [0.29, 0.717) is 17.1 Å². The Bertz CT molecular complexity index is 868. The van der Waals surface area contributed by atoms with Gasteiger partial charge in [-0.1, -0.05) is 42.5 Å². The molecule has 0 aliphatic heterocycles. The lowest BCUT2D eigenvalue weighted by atomic mass is 10.1. The van der Waals surface area contributed by atoms with Crippen LogP contribution in [0.15, 0.2) is 60.7 Å². The lowest BCUT2D eigenvalue weighted by Gasteiger charge is -2.15. The summed E-state index contributed by atoms with van der Waals surface area (Å²) < 4.78 is 5.67. The molecule has 4 N–H and O–H groups in total. The van der Waals surface area contributed by atoms with Crippen LogP contribution in [0.5, 0.6) is 5.75 Å². The number of fused-ring (bicyclic) bond motifs is 1. The number of hydrazine groups is 1. The number of aromatic nitrogens is 1. The standard InChI is InChI=1S/C19H20N4O2/c1-13(14-6-3-2-4-7-14)21-18(24)12-25-16-9-5-8-15-10-11-17(23-20)22-19(15)16/h2-11,13H,12,20H2,1H3,(H,21,24)(H,22,23). The van der Waals surface area contributed by atoms with E-state index in [9.17, 15) is 4.79 Å². The smallest absolute Gasteiger partial charge is 0.258 e. The van der Waals surface area contributed by atoms with Crippen LogP contribution in [0.2, 0.25) is 0 Å². The topological polar surface area (TPSA) is 89.3 Å². The first kappa shape index (κ1) is 16.7. The van der Waals surface area contributed by atoms with Gasteiger partial charge in [-0.2, -0.15) is 0 Å². The van der Waals surface area contributed by atoms with Crippen molar-refractivity contribution in [1.29, 1.82) is 0 Å². The summed E-state index contributed by atoms with van der Waals surface area (Å²) in [5.74, 6) is 6.28. The van der Waals surface area contributed by atoms with Crippen LogP contribution in [0, 0.1) is 0 Å². The normalized spacial score (nSPS) is 11.8. The maximum Gasteiger partial charge on any atom is 0.258 e. The number of nitrogens with one attached hydrogen (secondary N) is 2. The number of anilines is 1. The number of benzene rings is 2. The maximum absolute atomic E-state index is 12.2. The van der Waals surface area contributed by atoms with Crippen LogP contribution in [-0.2, 0) is 4.79 Å². The summed E-state index contributed by atoms with van der Waals surface area (Å²) >= 11 is 0. The molecule has 0 bridgehead atoms.